The molecule has 0 bridgehead atoms. The summed E-state index contributed by atoms with van der Waals surface area (Å²) in [5, 5.41) is 7.22. The van der Waals surface area contributed by atoms with Gasteiger partial charge in [-0.05, 0) is 85.5 Å². The van der Waals surface area contributed by atoms with Gasteiger partial charge < -0.3 is 23.5 Å². The van der Waals surface area contributed by atoms with Crippen molar-refractivity contribution >= 4 is 45.8 Å². The quantitative estimate of drug-likeness (QED) is 0.142. The van der Waals surface area contributed by atoms with Gasteiger partial charge in [-0.3, -0.25) is 10.6 Å². The van der Waals surface area contributed by atoms with E-state index in [1.54, 1.807) is 6.07 Å². The largest absolute Gasteiger partial charge is 0.444 e. The van der Waals surface area contributed by atoms with Gasteiger partial charge in [0.25, 0.3) is 0 Å². The summed E-state index contributed by atoms with van der Waals surface area (Å²) in [5.74, 6) is 0.0739. The summed E-state index contributed by atoms with van der Waals surface area (Å²) >= 11 is 0. The van der Waals surface area contributed by atoms with Crippen molar-refractivity contribution in [1.82, 2.24) is 19.5 Å². The fraction of sp³-hybridized carbons (Fsp3) is 0.310. The van der Waals surface area contributed by atoms with E-state index in [0.29, 0.717) is 22.7 Å². The standard InChI is InChI=1S/C42H42N6O6/c1-41(2)53-35-33(48-21-19-31-37(43-26-44-38(31)48)47-40(50)52-25-29-12-8-5-9-13-29)23-42(3,36(35)54-41)20-18-27-14-16-32-30(22-27)15-17-34(45-32)46-39(49)51-24-28-10-6-4-7-11-28/h4-17,19,21-22,26,33,35-36H,18,20,23-25H2,1-3H3,(H,45,46,49)(H,43,44,47,50)/t33-,35+,36+,42+/m1/s1. The van der Waals surface area contributed by atoms with Crippen LogP contribution < -0.4 is 10.6 Å². The van der Waals surface area contributed by atoms with Crippen LogP contribution in [0.25, 0.3) is 21.9 Å². The van der Waals surface area contributed by atoms with Crippen molar-refractivity contribution in [1.29, 1.82) is 0 Å². The third-order valence-electron chi connectivity index (χ3n) is 10.4. The Morgan fingerprint density at radius 2 is 1.52 bits per heavy atom. The smallest absolute Gasteiger partial charge is 0.413 e. The molecule has 12 nitrogen and oxygen atoms in total. The van der Waals surface area contributed by atoms with Crippen LogP contribution in [-0.2, 0) is 38.6 Å². The molecule has 2 fully saturated rings. The molecule has 3 aromatic heterocycles. The van der Waals surface area contributed by atoms with Crippen LogP contribution in [0, 0.1) is 5.41 Å². The highest BCUT2D eigenvalue weighted by Crippen LogP contribution is 2.55. The highest BCUT2D eigenvalue weighted by molar-refractivity contribution is 5.95. The van der Waals surface area contributed by atoms with Crippen LogP contribution >= 0.6 is 0 Å². The molecule has 0 unspecified atom stereocenters. The summed E-state index contributed by atoms with van der Waals surface area (Å²) in [5.41, 5.74) is 4.25. The highest BCUT2D eigenvalue weighted by Gasteiger charge is 2.59. The van der Waals surface area contributed by atoms with Crippen LogP contribution in [0.4, 0.5) is 21.2 Å². The van der Waals surface area contributed by atoms with E-state index < -0.39 is 18.0 Å². The van der Waals surface area contributed by atoms with Gasteiger partial charge in [0, 0.05) is 11.6 Å². The minimum Gasteiger partial charge on any atom is -0.444 e. The molecule has 1 aliphatic carbocycles. The molecule has 8 rings (SSSR count). The summed E-state index contributed by atoms with van der Waals surface area (Å²) in [7, 11) is 0. The molecular formula is C42H42N6O6. The van der Waals surface area contributed by atoms with Gasteiger partial charge in [0.1, 0.15) is 42.9 Å². The van der Waals surface area contributed by atoms with Gasteiger partial charge in [0.15, 0.2) is 5.79 Å². The molecule has 54 heavy (non-hydrogen) atoms. The Morgan fingerprint density at radius 3 is 2.24 bits per heavy atom. The van der Waals surface area contributed by atoms with Crippen molar-refractivity contribution in [2.75, 3.05) is 10.6 Å². The summed E-state index contributed by atoms with van der Waals surface area (Å²) in [6.45, 7) is 6.54. The van der Waals surface area contributed by atoms with Crippen LogP contribution in [0.15, 0.2) is 110 Å². The van der Waals surface area contributed by atoms with Gasteiger partial charge >= 0.3 is 12.2 Å². The van der Waals surface area contributed by atoms with Gasteiger partial charge in [-0.25, -0.2) is 24.5 Å². The maximum atomic E-state index is 12.7. The zero-order chi connectivity index (χ0) is 37.3. The summed E-state index contributed by atoms with van der Waals surface area (Å²) in [6, 6.07) is 30.9. The molecule has 2 N–H and O–H groups in total. The molecule has 2 amide bonds. The molecule has 4 atom stereocenters. The van der Waals surface area contributed by atoms with E-state index >= 15 is 0 Å². The molecule has 6 aromatic rings. The van der Waals surface area contributed by atoms with Gasteiger partial charge in [0.05, 0.1) is 23.0 Å². The van der Waals surface area contributed by atoms with Crippen LogP contribution in [-0.4, -0.2) is 49.7 Å². The number of aryl methyl sites for hydroxylation is 1. The molecule has 0 spiro atoms. The van der Waals surface area contributed by atoms with E-state index in [0.717, 1.165) is 41.3 Å². The number of rotatable bonds is 10. The third kappa shape index (κ3) is 7.48. The van der Waals surface area contributed by atoms with Gasteiger partial charge in [0.2, 0.25) is 0 Å². The number of pyridine rings is 1. The van der Waals surface area contributed by atoms with Crippen LogP contribution in [0.1, 0.15) is 56.3 Å². The Hall–Kier alpha value is -5.85. The lowest BCUT2D eigenvalue weighted by Crippen LogP contribution is -2.34. The number of nitrogens with zero attached hydrogens (tertiary/aromatic N) is 4. The second-order valence-electron chi connectivity index (χ2n) is 14.7. The van der Waals surface area contributed by atoms with Gasteiger partial charge in [-0.2, -0.15) is 0 Å². The van der Waals surface area contributed by atoms with E-state index in [9.17, 15) is 9.59 Å². The fourth-order valence-corrected chi connectivity index (χ4v) is 7.71. The van der Waals surface area contributed by atoms with E-state index in [-0.39, 0.29) is 36.9 Å². The number of amides is 2. The van der Waals surface area contributed by atoms with Gasteiger partial charge in [-0.1, -0.05) is 73.7 Å². The Morgan fingerprint density at radius 1 is 0.815 bits per heavy atom. The average molecular weight is 727 g/mol. The lowest BCUT2D eigenvalue weighted by Gasteiger charge is -2.32. The van der Waals surface area contributed by atoms with Crippen molar-refractivity contribution in [2.24, 2.45) is 5.41 Å². The second-order valence-corrected chi connectivity index (χ2v) is 14.7. The number of nitrogens with one attached hydrogen (secondary N) is 2. The summed E-state index contributed by atoms with van der Waals surface area (Å²) < 4.78 is 26.1. The van der Waals surface area contributed by atoms with Gasteiger partial charge in [-0.15, -0.1) is 0 Å². The van der Waals surface area contributed by atoms with Crippen molar-refractivity contribution in [2.45, 2.75) is 77.3 Å². The number of ether oxygens (including phenoxy) is 4. The van der Waals surface area contributed by atoms with Crippen molar-refractivity contribution < 1.29 is 28.5 Å². The molecule has 1 saturated heterocycles. The topological polar surface area (TPSA) is 139 Å². The number of benzene rings is 3. The van der Waals surface area contributed by atoms with E-state index in [1.807, 2.05) is 98.9 Å². The lowest BCUT2D eigenvalue weighted by molar-refractivity contribution is -0.168. The first-order chi connectivity index (χ1) is 26.1. The zero-order valence-corrected chi connectivity index (χ0v) is 30.4. The molecule has 0 radical (unpaired) electrons. The first-order valence-corrected chi connectivity index (χ1v) is 18.1. The normalized spacial score (nSPS) is 21.5. The Bertz CT molecular complexity index is 2300. The minimum atomic E-state index is -0.739. The fourth-order valence-electron chi connectivity index (χ4n) is 7.71. The Labute approximate surface area is 312 Å². The second kappa shape index (κ2) is 14.5. The highest BCUT2D eigenvalue weighted by atomic mass is 16.8. The van der Waals surface area contributed by atoms with Crippen molar-refractivity contribution in [3.63, 3.8) is 0 Å². The van der Waals surface area contributed by atoms with E-state index in [1.165, 1.54) is 11.9 Å². The monoisotopic (exact) mass is 726 g/mol. The number of carbonyl (C=O) groups excluding carboxylic acids is 2. The summed E-state index contributed by atoms with van der Waals surface area (Å²) in [4.78, 5) is 38.7. The predicted octanol–water partition coefficient (Wildman–Crippen LogP) is 8.58. The molecular weight excluding hydrogens is 684 g/mol. The maximum absolute atomic E-state index is 12.7. The molecule has 1 saturated carbocycles. The molecule has 2 aliphatic rings. The molecule has 4 heterocycles. The lowest BCUT2D eigenvalue weighted by atomic mass is 9.80. The van der Waals surface area contributed by atoms with Crippen molar-refractivity contribution in [3.05, 3.63) is 126 Å². The molecule has 12 heteroatoms. The first kappa shape index (κ1) is 35.2. The molecule has 3 aromatic carbocycles. The SMILES string of the molecule is CC1(C)O[C@H]2[C@H](n3ccc4c(NC(=O)OCc5ccccc5)ncnc43)C[C@](C)(CCc3ccc4nc(NC(=O)OCc5ccccc5)ccc4c3)[C@H]2O1. The predicted molar refractivity (Wildman–Crippen MR) is 204 cm³/mol. The number of anilines is 2. The Kier molecular flexibility index (Phi) is 9.47. The maximum Gasteiger partial charge on any atom is 0.413 e. The number of aromatic nitrogens is 4. The van der Waals surface area contributed by atoms with Crippen LogP contribution in [0.5, 0.6) is 0 Å². The number of hydrogen-bond acceptors (Lipinski definition) is 9. The molecule has 276 valence electrons. The third-order valence-corrected chi connectivity index (χ3v) is 10.4. The summed E-state index contributed by atoms with van der Waals surface area (Å²) in [6.07, 6.45) is 4.46. The Balaban J connectivity index is 0.945. The van der Waals surface area contributed by atoms with E-state index in [2.05, 4.69) is 49.2 Å². The number of hydrogen-bond donors (Lipinski definition) is 2. The van der Waals surface area contributed by atoms with Crippen molar-refractivity contribution in [3.8, 4) is 0 Å². The molecule has 1 aliphatic heterocycles. The zero-order valence-electron chi connectivity index (χ0n) is 30.4. The first-order valence-electron chi connectivity index (χ1n) is 18.1. The number of carbonyl (C=O) groups is 2. The minimum absolute atomic E-state index is 0.0573. The van der Waals surface area contributed by atoms with Crippen LogP contribution in [0.2, 0.25) is 0 Å². The average Bonchev–Trinajstić information content (AvgIpc) is 3.83. The van der Waals surface area contributed by atoms with Crippen LogP contribution in [0.3, 0.4) is 0 Å². The van der Waals surface area contributed by atoms with E-state index in [4.69, 9.17) is 18.9 Å². The number of fused-ring (bicyclic) bond motifs is 3.